The minimum Gasteiger partial charge on any atom is -0.332 e. The highest BCUT2D eigenvalue weighted by Gasteiger charge is 2.51. The van der Waals surface area contributed by atoms with Gasteiger partial charge in [0.25, 0.3) is 5.56 Å². The molecule has 3 amide bonds. The van der Waals surface area contributed by atoms with Crippen LogP contribution in [0.15, 0.2) is 4.79 Å². The number of aryl methyl sites for hydroxylation is 1. The number of carbonyl (C=O) groups excluding carboxylic acids is 2. The molecule has 8 heteroatoms. The molecule has 0 aliphatic heterocycles. The van der Waals surface area contributed by atoms with E-state index in [0.29, 0.717) is 29.0 Å². The molecule has 0 radical (unpaired) electrons. The summed E-state index contributed by atoms with van der Waals surface area (Å²) in [6.45, 7) is 2.91. The van der Waals surface area contributed by atoms with Crippen LogP contribution < -0.4 is 16.2 Å². The standard InChI is InChI=1S/C20H25N5O3/c1-11-12(2)24-25(18(27)16(11)9-21)10-17(26)22-19(28)23-20-6-13-3-14(7-20)5-15(4-13)8-20/h13-15H,3-8,10H2,1-2H3,(H2,22,23,26,28). The number of urea groups is 1. The van der Waals surface area contributed by atoms with Gasteiger partial charge < -0.3 is 5.32 Å². The maximum atomic E-state index is 12.5. The van der Waals surface area contributed by atoms with Crippen LogP contribution in [0.2, 0.25) is 0 Å². The molecule has 28 heavy (non-hydrogen) atoms. The summed E-state index contributed by atoms with van der Waals surface area (Å²) in [6, 6.07) is 1.35. The van der Waals surface area contributed by atoms with E-state index in [1.807, 2.05) is 6.07 Å². The molecule has 2 N–H and O–H groups in total. The molecule has 0 spiro atoms. The lowest BCUT2D eigenvalue weighted by atomic mass is 9.53. The summed E-state index contributed by atoms with van der Waals surface area (Å²) in [5.41, 5.74) is 0.161. The van der Waals surface area contributed by atoms with Gasteiger partial charge in [0.05, 0.1) is 5.69 Å². The van der Waals surface area contributed by atoms with Crippen molar-refractivity contribution >= 4 is 11.9 Å². The Hall–Kier alpha value is -2.69. The molecule has 0 unspecified atom stereocenters. The van der Waals surface area contributed by atoms with Crippen LogP contribution in [0.25, 0.3) is 0 Å². The number of nitriles is 1. The summed E-state index contributed by atoms with van der Waals surface area (Å²) in [5.74, 6) is 1.43. The first-order chi connectivity index (χ1) is 13.3. The number of carbonyl (C=O) groups is 2. The van der Waals surface area contributed by atoms with E-state index in [0.717, 1.165) is 23.9 Å². The predicted octanol–water partition coefficient (Wildman–Crippen LogP) is 1.53. The lowest BCUT2D eigenvalue weighted by Crippen LogP contribution is -2.62. The molecule has 4 fully saturated rings. The van der Waals surface area contributed by atoms with Crippen molar-refractivity contribution in [2.45, 2.75) is 64.5 Å². The fourth-order valence-electron chi connectivity index (χ4n) is 5.85. The van der Waals surface area contributed by atoms with E-state index in [2.05, 4.69) is 15.7 Å². The second-order valence-corrected chi connectivity index (χ2v) is 8.86. The molecule has 4 saturated carbocycles. The summed E-state index contributed by atoms with van der Waals surface area (Å²) in [6.07, 6.45) is 6.77. The summed E-state index contributed by atoms with van der Waals surface area (Å²) in [7, 11) is 0. The highest BCUT2D eigenvalue weighted by atomic mass is 16.2. The third-order valence-corrected chi connectivity index (χ3v) is 6.71. The van der Waals surface area contributed by atoms with Crippen molar-refractivity contribution in [1.82, 2.24) is 20.4 Å². The second-order valence-electron chi connectivity index (χ2n) is 8.86. The van der Waals surface area contributed by atoms with Crippen molar-refractivity contribution in [3.63, 3.8) is 0 Å². The van der Waals surface area contributed by atoms with Gasteiger partial charge in [-0.2, -0.15) is 10.4 Å². The first kappa shape index (κ1) is 18.7. The molecule has 4 aliphatic rings. The normalized spacial score (nSPS) is 30.0. The SMILES string of the molecule is Cc1nn(CC(=O)NC(=O)NC23CC4CC(CC(C4)C2)C3)c(=O)c(C#N)c1C. The van der Waals surface area contributed by atoms with Gasteiger partial charge >= 0.3 is 6.03 Å². The number of imide groups is 1. The maximum Gasteiger partial charge on any atom is 0.321 e. The van der Waals surface area contributed by atoms with Crippen LogP contribution >= 0.6 is 0 Å². The Morgan fingerprint density at radius 2 is 1.75 bits per heavy atom. The average Bonchev–Trinajstić information content (AvgIpc) is 2.58. The smallest absolute Gasteiger partial charge is 0.321 e. The van der Waals surface area contributed by atoms with E-state index < -0.39 is 24.0 Å². The number of amides is 3. The van der Waals surface area contributed by atoms with E-state index in [1.165, 1.54) is 19.3 Å². The third-order valence-electron chi connectivity index (χ3n) is 6.71. The minimum absolute atomic E-state index is 0.0293. The molecule has 8 nitrogen and oxygen atoms in total. The van der Waals surface area contributed by atoms with Gasteiger partial charge in [0, 0.05) is 5.54 Å². The van der Waals surface area contributed by atoms with Gasteiger partial charge in [-0.3, -0.25) is 14.9 Å². The maximum absolute atomic E-state index is 12.5. The Morgan fingerprint density at radius 3 is 2.29 bits per heavy atom. The van der Waals surface area contributed by atoms with Crippen molar-refractivity contribution < 1.29 is 9.59 Å². The van der Waals surface area contributed by atoms with Gasteiger partial charge in [-0.15, -0.1) is 0 Å². The van der Waals surface area contributed by atoms with Crippen LogP contribution in [0.4, 0.5) is 4.79 Å². The van der Waals surface area contributed by atoms with Gasteiger partial charge in [-0.05, 0) is 75.7 Å². The molecule has 1 aromatic rings. The number of hydrogen-bond donors (Lipinski definition) is 2. The monoisotopic (exact) mass is 383 g/mol. The molecule has 0 saturated heterocycles. The second kappa shape index (κ2) is 6.73. The largest absolute Gasteiger partial charge is 0.332 e. The van der Waals surface area contributed by atoms with Crippen molar-refractivity contribution in [2.24, 2.45) is 17.8 Å². The van der Waals surface area contributed by atoms with Crippen molar-refractivity contribution in [1.29, 1.82) is 5.26 Å². The molecule has 148 valence electrons. The van der Waals surface area contributed by atoms with E-state index in [1.54, 1.807) is 13.8 Å². The fraction of sp³-hybridized carbons (Fsp3) is 0.650. The fourth-order valence-corrected chi connectivity index (χ4v) is 5.85. The Labute approximate surface area is 163 Å². The number of rotatable bonds is 3. The number of nitrogens with one attached hydrogen (secondary N) is 2. The van der Waals surface area contributed by atoms with Crippen molar-refractivity contribution in [2.75, 3.05) is 0 Å². The first-order valence-electron chi connectivity index (χ1n) is 9.89. The van der Waals surface area contributed by atoms with Crippen molar-refractivity contribution in [3.05, 3.63) is 27.2 Å². The van der Waals surface area contributed by atoms with E-state index >= 15 is 0 Å². The van der Waals surface area contributed by atoms with E-state index in [-0.39, 0.29) is 11.1 Å². The summed E-state index contributed by atoms with van der Waals surface area (Å²) < 4.78 is 0.939. The first-order valence-corrected chi connectivity index (χ1v) is 9.89. The molecular formula is C20H25N5O3. The van der Waals surface area contributed by atoms with Crippen molar-refractivity contribution in [3.8, 4) is 6.07 Å². The van der Waals surface area contributed by atoms with Gasteiger partial charge in [0.2, 0.25) is 5.91 Å². The van der Waals surface area contributed by atoms with Crippen LogP contribution in [0, 0.1) is 42.9 Å². The van der Waals surface area contributed by atoms with Crippen LogP contribution in [-0.2, 0) is 11.3 Å². The Bertz CT molecular complexity index is 907. The third kappa shape index (κ3) is 3.30. The van der Waals surface area contributed by atoms with Gasteiger partial charge in [0.1, 0.15) is 18.2 Å². The zero-order valence-corrected chi connectivity index (χ0v) is 16.2. The molecule has 4 aliphatic carbocycles. The number of nitrogens with zero attached hydrogens (tertiary/aromatic N) is 3. The van der Waals surface area contributed by atoms with E-state index in [4.69, 9.17) is 5.26 Å². The zero-order valence-electron chi connectivity index (χ0n) is 16.2. The molecule has 5 rings (SSSR count). The average molecular weight is 383 g/mol. The number of aromatic nitrogens is 2. The highest BCUT2D eigenvalue weighted by molar-refractivity contribution is 5.94. The Balaban J connectivity index is 1.41. The topological polar surface area (TPSA) is 117 Å². The van der Waals surface area contributed by atoms with Crippen LogP contribution in [0.1, 0.15) is 55.3 Å². The molecule has 1 aromatic heterocycles. The Morgan fingerprint density at radius 1 is 1.18 bits per heavy atom. The highest BCUT2D eigenvalue weighted by Crippen LogP contribution is 2.55. The molecule has 4 bridgehead atoms. The van der Waals surface area contributed by atoms with E-state index in [9.17, 15) is 14.4 Å². The van der Waals surface area contributed by atoms with Crippen LogP contribution in [0.5, 0.6) is 0 Å². The lowest BCUT2D eigenvalue weighted by Gasteiger charge is -2.56. The lowest BCUT2D eigenvalue weighted by molar-refractivity contribution is -0.120. The predicted molar refractivity (Wildman–Crippen MR) is 100 cm³/mol. The van der Waals surface area contributed by atoms with Gasteiger partial charge in [-0.1, -0.05) is 0 Å². The number of hydrogen-bond acceptors (Lipinski definition) is 5. The summed E-state index contributed by atoms with van der Waals surface area (Å²) in [5, 5.41) is 18.6. The minimum atomic E-state index is -0.623. The molecule has 0 atom stereocenters. The molecule has 0 aromatic carbocycles. The summed E-state index contributed by atoms with van der Waals surface area (Å²) in [4.78, 5) is 37.0. The molecular weight excluding hydrogens is 358 g/mol. The zero-order chi connectivity index (χ0) is 20.1. The van der Waals surface area contributed by atoms with Crippen LogP contribution in [0.3, 0.4) is 0 Å². The van der Waals surface area contributed by atoms with Gasteiger partial charge in [0.15, 0.2) is 0 Å². The summed E-state index contributed by atoms with van der Waals surface area (Å²) >= 11 is 0. The van der Waals surface area contributed by atoms with Crippen LogP contribution in [-0.4, -0.2) is 27.3 Å². The Kier molecular flexibility index (Phi) is 4.48. The quantitative estimate of drug-likeness (QED) is 0.821. The van der Waals surface area contributed by atoms with Gasteiger partial charge in [-0.25, -0.2) is 9.48 Å². The molecule has 1 heterocycles.